The van der Waals surface area contributed by atoms with Gasteiger partial charge in [-0.15, -0.1) is 0 Å². The number of alkyl halides is 6. The Kier molecular flexibility index (Phi) is 6.19. The summed E-state index contributed by atoms with van der Waals surface area (Å²) in [6, 6.07) is 2.35. The van der Waals surface area contributed by atoms with Gasteiger partial charge in [-0.3, -0.25) is 4.57 Å². The highest BCUT2D eigenvalue weighted by atomic mass is 79.9. The Morgan fingerprint density at radius 3 is 1.93 bits per heavy atom. The number of hydrogen-bond acceptors (Lipinski definition) is 2. The van der Waals surface area contributed by atoms with Gasteiger partial charge in [0.1, 0.15) is 26.3 Å². The Hall–Kier alpha value is -0.930. The number of hydrogen-bond donors (Lipinski definition) is 0. The van der Waals surface area contributed by atoms with Crippen molar-refractivity contribution in [3.8, 4) is 11.8 Å². The molecule has 1 heterocycles. The van der Waals surface area contributed by atoms with E-state index in [-0.39, 0.29) is 0 Å². The van der Waals surface area contributed by atoms with E-state index in [1.165, 1.54) is 6.07 Å². The maximum Gasteiger partial charge on any atom is 0.476 e. The predicted octanol–water partition coefficient (Wildman–Crippen LogP) is 6.72. The predicted molar refractivity (Wildman–Crippen MR) is 90.7 cm³/mol. The molecule has 1 atom stereocenters. The zero-order chi connectivity index (χ0) is 20.9. The number of nitriles is 1. The minimum absolute atomic E-state index is 0.426. The summed E-state index contributed by atoms with van der Waals surface area (Å²) in [6.45, 7) is 0. The molecule has 0 aliphatic carbocycles. The highest BCUT2D eigenvalue weighted by Gasteiger charge is 2.43. The molecule has 2 rings (SSSR count). The van der Waals surface area contributed by atoms with Crippen molar-refractivity contribution in [1.82, 2.24) is 4.57 Å². The zero-order valence-electron chi connectivity index (χ0n) is 12.1. The van der Waals surface area contributed by atoms with Gasteiger partial charge in [0.25, 0.3) is 0 Å². The molecule has 0 N–H and O–H groups in total. The van der Waals surface area contributed by atoms with Crippen LogP contribution < -0.4 is 0 Å². The fourth-order valence-electron chi connectivity index (χ4n) is 2.02. The molecule has 0 saturated carbocycles. The van der Waals surface area contributed by atoms with E-state index >= 15 is 0 Å². The fourth-order valence-corrected chi connectivity index (χ4v) is 4.93. The van der Waals surface area contributed by atoms with Crippen molar-refractivity contribution in [3.05, 3.63) is 43.1 Å². The summed E-state index contributed by atoms with van der Waals surface area (Å²) < 4.78 is 88.9. The molecule has 27 heavy (non-hydrogen) atoms. The molecule has 0 spiro atoms. The molecule has 146 valence electrons. The number of benzene rings is 1. The van der Waals surface area contributed by atoms with Crippen LogP contribution in [0.2, 0.25) is 15.2 Å². The molecule has 1 unspecified atom stereocenters. The van der Waals surface area contributed by atoms with Crippen LogP contribution >= 0.6 is 50.7 Å². The van der Waals surface area contributed by atoms with Crippen LogP contribution in [0, 0.1) is 11.3 Å². The Bertz CT molecular complexity index is 973. The van der Waals surface area contributed by atoms with Crippen molar-refractivity contribution >= 4 is 61.5 Å². The Morgan fingerprint density at radius 1 is 1.07 bits per heavy atom. The SMILES string of the molecule is N#Cc1c(S(=O)C(F)(F)F)c(Br)n(-c2c(Cl)cc(C(F)(F)F)cc2Cl)c1Cl. The van der Waals surface area contributed by atoms with E-state index in [1.807, 2.05) is 0 Å². The van der Waals surface area contributed by atoms with E-state index in [9.17, 15) is 30.6 Å². The van der Waals surface area contributed by atoms with Gasteiger partial charge in [0.15, 0.2) is 10.8 Å². The van der Waals surface area contributed by atoms with Gasteiger partial charge in [-0.2, -0.15) is 31.6 Å². The highest BCUT2D eigenvalue weighted by Crippen LogP contribution is 2.44. The topological polar surface area (TPSA) is 45.8 Å². The van der Waals surface area contributed by atoms with E-state index in [0.29, 0.717) is 16.7 Å². The van der Waals surface area contributed by atoms with Crippen LogP contribution in [-0.2, 0) is 17.0 Å². The summed E-state index contributed by atoms with van der Waals surface area (Å²) in [7, 11) is -3.66. The lowest BCUT2D eigenvalue weighted by atomic mass is 10.2. The molecule has 0 aliphatic heterocycles. The number of aromatic nitrogens is 1. The first-order chi connectivity index (χ1) is 12.2. The molecule has 0 amide bonds. The van der Waals surface area contributed by atoms with Gasteiger partial charge < -0.3 is 0 Å². The third-order valence-corrected chi connectivity index (χ3v) is 6.23. The molecule has 3 nitrogen and oxygen atoms in total. The molecule has 1 aromatic heterocycles. The van der Waals surface area contributed by atoms with Gasteiger partial charge >= 0.3 is 11.7 Å². The van der Waals surface area contributed by atoms with E-state index in [4.69, 9.17) is 40.1 Å². The second kappa shape index (κ2) is 7.48. The summed E-state index contributed by atoms with van der Waals surface area (Å²) >= 11 is 20.3. The van der Waals surface area contributed by atoms with Gasteiger partial charge in [0, 0.05) is 0 Å². The summed E-state index contributed by atoms with van der Waals surface area (Å²) in [4.78, 5) is -1.01. The van der Waals surface area contributed by atoms with Crippen molar-refractivity contribution in [3.63, 3.8) is 0 Å². The summed E-state index contributed by atoms with van der Waals surface area (Å²) in [5.41, 5.74) is -7.66. The van der Waals surface area contributed by atoms with Crippen LogP contribution in [0.4, 0.5) is 26.3 Å². The lowest BCUT2D eigenvalue weighted by molar-refractivity contribution is -0.137. The van der Waals surface area contributed by atoms with Crippen LogP contribution in [0.5, 0.6) is 0 Å². The lowest BCUT2D eigenvalue weighted by Crippen LogP contribution is -2.17. The molecule has 2 aromatic rings. The minimum Gasteiger partial charge on any atom is -0.289 e. The van der Waals surface area contributed by atoms with Crippen LogP contribution in [0.1, 0.15) is 11.1 Å². The first-order valence-corrected chi connectivity index (χ1v) is 9.34. The van der Waals surface area contributed by atoms with Crippen molar-refractivity contribution in [2.45, 2.75) is 16.6 Å². The standard InChI is InChI=1S/C13H2BrCl3F6N2OS/c14-10-9(27(26)13(21,22)23)5(3-24)11(17)25(10)8-6(15)1-4(2-7(8)16)12(18,19)20/h1-2H. The number of halogens is 10. The van der Waals surface area contributed by atoms with E-state index < -0.39 is 64.0 Å². The van der Waals surface area contributed by atoms with E-state index in [2.05, 4.69) is 15.9 Å². The molecule has 0 fully saturated rings. The average Bonchev–Trinajstić information content (AvgIpc) is 2.75. The molecule has 0 aliphatic rings. The van der Waals surface area contributed by atoms with Crippen molar-refractivity contribution in [2.24, 2.45) is 0 Å². The Balaban J connectivity index is 2.85. The highest BCUT2D eigenvalue weighted by molar-refractivity contribution is 9.10. The van der Waals surface area contributed by atoms with Crippen LogP contribution in [0.3, 0.4) is 0 Å². The summed E-state index contributed by atoms with van der Waals surface area (Å²) in [5, 5.41) is 7.22. The third kappa shape index (κ3) is 4.10. The van der Waals surface area contributed by atoms with Crippen LogP contribution in [0.25, 0.3) is 5.69 Å². The number of nitrogens with zero attached hydrogens (tertiary/aromatic N) is 2. The normalized spacial score (nSPS) is 13.5. The van der Waals surface area contributed by atoms with Gasteiger partial charge in [0.05, 0.1) is 21.3 Å². The second-order valence-corrected chi connectivity index (χ2v) is 8.07. The monoisotopic (exact) mass is 532 g/mol. The Labute approximate surface area is 173 Å². The quantitative estimate of drug-likeness (QED) is 0.402. The zero-order valence-corrected chi connectivity index (χ0v) is 16.8. The largest absolute Gasteiger partial charge is 0.476 e. The van der Waals surface area contributed by atoms with Crippen molar-refractivity contribution in [1.29, 1.82) is 5.26 Å². The maximum atomic E-state index is 12.9. The molecule has 1 aromatic carbocycles. The summed E-state index contributed by atoms with van der Waals surface area (Å²) in [6.07, 6.45) is -4.79. The molecule has 14 heteroatoms. The van der Waals surface area contributed by atoms with Gasteiger partial charge in [0.2, 0.25) is 0 Å². The smallest absolute Gasteiger partial charge is 0.289 e. The van der Waals surface area contributed by atoms with Crippen LogP contribution in [0.15, 0.2) is 21.6 Å². The maximum absolute atomic E-state index is 12.9. The van der Waals surface area contributed by atoms with Gasteiger partial charge in [-0.05, 0) is 28.1 Å². The van der Waals surface area contributed by atoms with Crippen LogP contribution in [-0.4, -0.2) is 14.3 Å². The molecule has 0 radical (unpaired) electrons. The molecular weight excluding hydrogens is 532 g/mol. The first-order valence-electron chi connectivity index (χ1n) is 6.26. The van der Waals surface area contributed by atoms with Gasteiger partial charge in [-0.25, -0.2) is 4.21 Å². The number of rotatable bonds is 2. The van der Waals surface area contributed by atoms with Crippen molar-refractivity contribution in [2.75, 3.05) is 0 Å². The fraction of sp³-hybridized carbons (Fsp3) is 0.154. The first kappa shape index (κ1) is 22.4. The third-order valence-electron chi connectivity index (χ3n) is 3.09. The summed E-state index contributed by atoms with van der Waals surface area (Å²) in [5.74, 6) is 0. The Morgan fingerprint density at radius 2 is 1.56 bits per heavy atom. The average molecular weight is 534 g/mol. The molecule has 0 saturated heterocycles. The lowest BCUT2D eigenvalue weighted by Gasteiger charge is -2.15. The minimum atomic E-state index is -5.22. The van der Waals surface area contributed by atoms with Gasteiger partial charge in [-0.1, -0.05) is 34.8 Å². The molecule has 0 bridgehead atoms. The van der Waals surface area contributed by atoms with Crippen molar-refractivity contribution < 1.29 is 30.6 Å². The molecular formula is C13H2BrCl3F6N2OS. The van der Waals surface area contributed by atoms with E-state index in [0.717, 1.165) is 0 Å². The van der Waals surface area contributed by atoms with E-state index in [1.54, 1.807) is 0 Å². The second-order valence-electron chi connectivity index (χ2n) is 4.73.